The third-order valence-corrected chi connectivity index (χ3v) is 6.66. The maximum Gasteiger partial charge on any atom is 0.269 e. The average molecular weight is 463 g/mol. The standard InChI is InChI=1S/C25H26N4O5/c1-2-34-12-6-11-27-15-22(30)28-21(25(27)31)14-19-18-9-3-4-10-20(18)26-23(19)24(28)16-7-5-8-17(13-16)29(32)33/h3-5,7-10,13,21,24,26H,2,6,11-12,14-15H2,1H3/t21-,24-/m0/s1. The Labute approximate surface area is 196 Å². The highest BCUT2D eigenvalue weighted by molar-refractivity contribution is 5.97. The van der Waals surface area contributed by atoms with Crippen molar-refractivity contribution in [3.8, 4) is 0 Å². The zero-order valence-corrected chi connectivity index (χ0v) is 18.9. The van der Waals surface area contributed by atoms with Crippen LogP contribution >= 0.6 is 0 Å². The van der Waals surface area contributed by atoms with Gasteiger partial charge in [0.2, 0.25) is 11.8 Å². The predicted octanol–water partition coefficient (Wildman–Crippen LogP) is 3.19. The lowest BCUT2D eigenvalue weighted by Crippen LogP contribution is -2.63. The lowest BCUT2D eigenvalue weighted by Gasteiger charge is -2.47. The maximum atomic E-state index is 13.6. The molecule has 2 aliphatic heterocycles. The normalized spacial score (nSPS) is 19.9. The number of piperazine rings is 1. The first-order chi connectivity index (χ1) is 16.5. The van der Waals surface area contributed by atoms with E-state index >= 15 is 0 Å². The van der Waals surface area contributed by atoms with Crippen molar-refractivity contribution in [3.63, 3.8) is 0 Å². The molecule has 9 nitrogen and oxygen atoms in total. The van der Waals surface area contributed by atoms with Crippen LogP contribution < -0.4 is 0 Å². The molecule has 0 radical (unpaired) electrons. The molecule has 1 fully saturated rings. The predicted molar refractivity (Wildman–Crippen MR) is 125 cm³/mol. The number of ether oxygens (including phenoxy) is 1. The average Bonchev–Trinajstić information content (AvgIpc) is 3.22. The number of hydrogen-bond donors (Lipinski definition) is 1. The number of amides is 2. The molecular formula is C25H26N4O5. The van der Waals surface area contributed by atoms with Gasteiger partial charge in [-0.05, 0) is 30.5 Å². The summed E-state index contributed by atoms with van der Waals surface area (Å²) in [5.41, 5.74) is 3.26. The van der Waals surface area contributed by atoms with Gasteiger partial charge in [-0.15, -0.1) is 0 Å². The van der Waals surface area contributed by atoms with Crippen molar-refractivity contribution >= 4 is 28.4 Å². The number of carbonyl (C=O) groups excluding carboxylic acids is 2. The van der Waals surface area contributed by atoms with Gasteiger partial charge in [-0.2, -0.15) is 0 Å². The molecule has 0 bridgehead atoms. The number of nitro benzene ring substituents is 1. The van der Waals surface area contributed by atoms with Crippen molar-refractivity contribution in [1.29, 1.82) is 0 Å². The van der Waals surface area contributed by atoms with E-state index in [-0.39, 0.29) is 24.0 Å². The number of fused-ring (bicyclic) bond motifs is 4. The van der Waals surface area contributed by atoms with Crippen LogP contribution in [0.1, 0.15) is 36.2 Å². The number of nitrogens with one attached hydrogen (secondary N) is 1. The Bertz CT molecular complexity index is 1270. The van der Waals surface area contributed by atoms with Crippen molar-refractivity contribution < 1.29 is 19.2 Å². The summed E-state index contributed by atoms with van der Waals surface area (Å²) in [6.45, 7) is 3.51. The summed E-state index contributed by atoms with van der Waals surface area (Å²) in [5.74, 6) is -0.260. The Morgan fingerprint density at radius 1 is 1.18 bits per heavy atom. The maximum absolute atomic E-state index is 13.6. The molecule has 0 unspecified atom stereocenters. The summed E-state index contributed by atoms with van der Waals surface area (Å²) in [6.07, 6.45) is 1.06. The van der Waals surface area contributed by atoms with Gasteiger partial charge in [-0.25, -0.2) is 0 Å². The van der Waals surface area contributed by atoms with Crippen molar-refractivity contribution in [2.75, 3.05) is 26.3 Å². The molecular weight excluding hydrogens is 436 g/mol. The largest absolute Gasteiger partial charge is 0.382 e. The first-order valence-electron chi connectivity index (χ1n) is 11.5. The lowest BCUT2D eigenvalue weighted by atomic mass is 9.86. The minimum Gasteiger partial charge on any atom is -0.382 e. The van der Waals surface area contributed by atoms with Crippen LogP contribution in [0.25, 0.3) is 10.9 Å². The molecule has 2 aromatic carbocycles. The van der Waals surface area contributed by atoms with Crippen LogP contribution in [0.5, 0.6) is 0 Å². The fourth-order valence-corrected chi connectivity index (χ4v) is 5.17. The minimum atomic E-state index is -0.663. The number of carbonyl (C=O) groups is 2. The molecule has 3 aromatic rings. The van der Waals surface area contributed by atoms with E-state index in [2.05, 4.69) is 4.98 Å². The van der Waals surface area contributed by atoms with Gasteiger partial charge in [-0.3, -0.25) is 19.7 Å². The number of nitrogens with zero attached hydrogens (tertiary/aromatic N) is 3. The van der Waals surface area contributed by atoms with Crippen LogP contribution in [0.4, 0.5) is 5.69 Å². The van der Waals surface area contributed by atoms with E-state index in [4.69, 9.17) is 4.74 Å². The number of hydrogen-bond acceptors (Lipinski definition) is 5. The van der Waals surface area contributed by atoms with Crippen LogP contribution in [0.2, 0.25) is 0 Å². The summed E-state index contributed by atoms with van der Waals surface area (Å²) in [7, 11) is 0. The molecule has 2 amide bonds. The second kappa shape index (κ2) is 8.90. The van der Waals surface area contributed by atoms with Crippen LogP contribution in [0.3, 0.4) is 0 Å². The van der Waals surface area contributed by atoms with Crippen LogP contribution in [-0.4, -0.2) is 63.9 Å². The first-order valence-corrected chi connectivity index (χ1v) is 11.5. The van der Waals surface area contributed by atoms with Crippen LogP contribution in [-0.2, 0) is 20.7 Å². The first kappa shape index (κ1) is 22.1. The van der Waals surface area contributed by atoms with Crippen molar-refractivity contribution in [2.24, 2.45) is 0 Å². The molecule has 0 aliphatic carbocycles. The molecule has 2 aliphatic rings. The number of aromatic amines is 1. The highest BCUT2D eigenvalue weighted by Gasteiger charge is 2.48. The van der Waals surface area contributed by atoms with E-state index in [9.17, 15) is 19.7 Å². The molecule has 2 atom stereocenters. The SMILES string of the molecule is CCOCCCN1CC(=O)N2[C@@H](c3cccc([N+](=O)[O-])c3)c3[nH]c4ccccc4c3C[C@H]2C1=O. The number of nitro groups is 1. The summed E-state index contributed by atoms with van der Waals surface area (Å²) >= 11 is 0. The van der Waals surface area contributed by atoms with Gasteiger partial charge in [0.05, 0.1) is 17.5 Å². The summed E-state index contributed by atoms with van der Waals surface area (Å²) in [6, 6.07) is 12.9. The van der Waals surface area contributed by atoms with Gasteiger partial charge in [0, 0.05) is 54.9 Å². The van der Waals surface area contributed by atoms with E-state index < -0.39 is 17.0 Å². The Hall–Kier alpha value is -3.72. The van der Waals surface area contributed by atoms with E-state index in [1.54, 1.807) is 21.9 Å². The van der Waals surface area contributed by atoms with Crippen molar-refractivity contribution in [1.82, 2.24) is 14.8 Å². The van der Waals surface area contributed by atoms with Gasteiger partial charge in [0.15, 0.2) is 0 Å². The van der Waals surface area contributed by atoms with Gasteiger partial charge in [0.1, 0.15) is 6.04 Å². The van der Waals surface area contributed by atoms with Crippen molar-refractivity contribution in [3.05, 3.63) is 75.5 Å². The molecule has 9 heteroatoms. The van der Waals surface area contributed by atoms with Gasteiger partial charge < -0.3 is 19.5 Å². The fraction of sp³-hybridized carbons (Fsp3) is 0.360. The molecule has 3 heterocycles. The monoisotopic (exact) mass is 462 g/mol. The van der Waals surface area contributed by atoms with Crippen LogP contribution in [0, 0.1) is 10.1 Å². The molecule has 176 valence electrons. The Morgan fingerprint density at radius 3 is 2.79 bits per heavy atom. The number of H-pyrrole nitrogens is 1. The smallest absolute Gasteiger partial charge is 0.269 e. The lowest BCUT2D eigenvalue weighted by molar-refractivity contribution is -0.384. The topological polar surface area (TPSA) is 109 Å². The van der Waals surface area contributed by atoms with Crippen molar-refractivity contribution in [2.45, 2.75) is 31.8 Å². The Morgan fingerprint density at radius 2 is 2.00 bits per heavy atom. The number of rotatable bonds is 7. The van der Waals surface area contributed by atoms with E-state index in [0.717, 1.165) is 22.2 Å². The fourth-order valence-electron chi connectivity index (χ4n) is 5.17. The number of aromatic nitrogens is 1. The van der Waals surface area contributed by atoms with E-state index in [1.165, 1.54) is 12.1 Å². The zero-order chi connectivity index (χ0) is 23.8. The highest BCUT2D eigenvalue weighted by Crippen LogP contribution is 2.43. The highest BCUT2D eigenvalue weighted by atomic mass is 16.6. The third-order valence-electron chi connectivity index (χ3n) is 6.66. The molecule has 0 saturated carbocycles. The number of para-hydroxylation sites is 1. The Balaban J connectivity index is 1.59. The second-order valence-corrected chi connectivity index (χ2v) is 8.65. The molecule has 34 heavy (non-hydrogen) atoms. The second-order valence-electron chi connectivity index (χ2n) is 8.65. The number of non-ortho nitro benzene ring substituents is 1. The molecule has 1 aromatic heterocycles. The van der Waals surface area contributed by atoms with Gasteiger partial charge in [-0.1, -0.05) is 30.3 Å². The van der Waals surface area contributed by atoms with Gasteiger partial charge in [0.25, 0.3) is 5.69 Å². The molecule has 5 rings (SSSR count). The Kier molecular flexibility index (Phi) is 5.79. The summed E-state index contributed by atoms with van der Waals surface area (Å²) < 4.78 is 5.39. The molecule has 1 saturated heterocycles. The molecule has 0 spiro atoms. The summed E-state index contributed by atoms with van der Waals surface area (Å²) in [5, 5.41) is 12.5. The molecule has 1 N–H and O–H groups in total. The quantitative estimate of drug-likeness (QED) is 0.330. The van der Waals surface area contributed by atoms with E-state index in [1.807, 2.05) is 31.2 Å². The van der Waals surface area contributed by atoms with Crippen LogP contribution in [0.15, 0.2) is 48.5 Å². The summed E-state index contributed by atoms with van der Waals surface area (Å²) in [4.78, 5) is 44.7. The zero-order valence-electron chi connectivity index (χ0n) is 18.9. The minimum absolute atomic E-state index is 0.0115. The van der Waals surface area contributed by atoms with E-state index in [0.29, 0.717) is 38.2 Å². The van der Waals surface area contributed by atoms with Gasteiger partial charge >= 0.3 is 0 Å². The third kappa shape index (κ3) is 3.71. The number of benzene rings is 2.